The number of carbonyl (C=O) groups is 5. The molecule has 4 rings (SSSR count). The fourth-order valence-corrected chi connectivity index (χ4v) is 6.42. The van der Waals surface area contributed by atoms with Crippen molar-refractivity contribution < 1.29 is 32.4 Å². The van der Waals surface area contributed by atoms with Crippen LogP contribution in [0.5, 0.6) is 0 Å². The van der Waals surface area contributed by atoms with Gasteiger partial charge in [-0.2, -0.15) is 5.10 Å². The molecule has 4 N–H and O–H groups in total. The Labute approximate surface area is 304 Å². The molecule has 0 fully saturated rings. The lowest BCUT2D eigenvalue weighted by Crippen LogP contribution is -2.54. The molecule has 0 radical (unpaired) electrons. The van der Waals surface area contributed by atoms with E-state index in [1.54, 1.807) is 19.1 Å². The quantitative estimate of drug-likeness (QED) is 0.285. The highest BCUT2D eigenvalue weighted by atomic mass is 32.2. The van der Waals surface area contributed by atoms with Crippen LogP contribution in [0.3, 0.4) is 0 Å². The first-order valence-corrected chi connectivity index (χ1v) is 19.2. The van der Waals surface area contributed by atoms with Gasteiger partial charge in [-0.3, -0.25) is 24.0 Å². The van der Waals surface area contributed by atoms with E-state index in [0.717, 1.165) is 11.8 Å². The average molecular weight is 737 g/mol. The number of amides is 5. The SMILES string of the molecule is Cc1nc2n(n1)CC(=O)NCCN(C(=O)Cc1ccc(S(C)(=O)=O)cc1)CCCC(=O)N[C@@H](C)C(=O)N[C@H](Cc1ccccc1)C(=O)N[C@H]2C(C)C. The van der Waals surface area contributed by atoms with Crippen LogP contribution in [0.1, 0.15) is 62.4 Å². The number of rotatable bonds is 6. The fraction of sp³-hybridized carbons (Fsp3) is 0.472. The second kappa shape index (κ2) is 17.9. The number of carbonyl (C=O) groups excluding carboxylic acids is 5. The zero-order valence-corrected chi connectivity index (χ0v) is 31.0. The van der Waals surface area contributed by atoms with Crippen molar-refractivity contribution in [1.82, 2.24) is 40.9 Å². The molecule has 3 aromatic rings. The van der Waals surface area contributed by atoms with Crippen molar-refractivity contribution in [2.24, 2.45) is 5.92 Å². The molecule has 0 bridgehead atoms. The maximum Gasteiger partial charge on any atom is 0.243 e. The Kier molecular flexibility index (Phi) is 13.6. The van der Waals surface area contributed by atoms with Crippen LogP contribution in [0.25, 0.3) is 0 Å². The fourth-order valence-electron chi connectivity index (χ4n) is 5.79. The summed E-state index contributed by atoms with van der Waals surface area (Å²) in [5, 5.41) is 15.8. The third kappa shape index (κ3) is 11.4. The van der Waals surface area contributed by atoms with Crippen molar-refractivity contribution in [3.8, 4) is 0 Å². The zero-order valence-electron chi connectivity index (χ0n) is 30.2. The van der Waals surface area contributed by atoms with Crippen LogP contribution in [-0.4, -0.2) is 95.6 Å². The molecule has 52 heavy (non-hydrogen) atoms. The summed E-state index contributed by atoms with van der Waals surface area (Å²) < 4.78 is 25.2. The molecule has 1 aromatic heterocycles. The van der Waals surface area contributed by atoms with Crippen molar-refractivity contribution in [3.63, 3.8) is 0 Å². The van der Waals surface area contributed by atoms with Crippen molar-refractivity contribution >= 4 is 39.4 Å². The number of fused-ring (bicyclic) bond motifs is 1. The maximum atomic E-state index is 13.9. The first-order valence-electron chi connectivity index (χ1n) is 17.3. The Balaban J connectivity index is 1.58. The molecule has 5 amide bonds. The molecule has 1 aliphatic rings. The molecule has 2 heterocycles. The van der Waals surface area contributed by atoms with Crippen molar-refractivity contribution in [2.75, 3.05) is 25.9 Å². The molecule has 280 valence electrons. The number of benzene rings is 2. The van der Waals surface area contributed by atoms with Gasteiger partial charge in [-0.05, 0) is 49.4 Å². The van der Waals surface area contributed by atoms with E-state index in [1.165, 1.54) is 28.6 Å². The van der Waals surface area contributed by atoms with Gasteiger partial charge >= 0.3 is 0 Å². The van der Waals surface area contributed by atoms with Gasteiger partial charge in [0.05, 0.1) is 17.4 Å². The van der Waals surface area contributed by atoms with E-state index in [9.17, 15) is 32.4 Å². The summed E-state index contributed by atoms with van der Waals surface area (Å²) in [6, 6.07) is 12.7. The van der Waals surface area contributed by atoms with Gasteiger partial charge in [0.25, 0.3) is 0 Å². The molecule has 3 atom stereocenters. The van der Waals surface area contributed by atoms with Gasteiger partial charge in [-0.15, -0.1) is 0 Å². The zero-order chi connectivity index (χ0) is 38.0. The maximum absolute atomic E-state index is 13.9. The van der Waals surface area contributed by atoms with Crippen LogP contribution >= 0.6 is 0 Å². The van der Waals surface area contributed by atoms with E-state index in [-0.39, 0.29) is 74.5 Å². The highest BCUT2D eigenvalue weighted by molar-refractivity contribution is 7.90. The first-order chi connectivity index (χ1) is 24.6. The van der Waals surface area contributed by atoms with Crippen LogP contribution in [0.2, 0.25) is 0 Å². The summed E-state index contributed by atoms with van der Waals surface area (Å²) in [5.41, 5.74) is 1.42. The summed E-state index contributed by atoms with van der Waals surface area (Å²) in [6.45, 7) is 7.25. The average Bonchev–Trinajstić information content (AvgIpc) is 3.44. The summed E-state index contributed by atoms with van der Waals surface area (Å²) in [5.74, 6) is -1.48. The monoisotopic (exact) mass is 736 g/mol. The lowest BCUT2D eigenvalue weighted by atomic mass is 10.0. The molecule has 16 heteroatoms. The topological polar surface area (TPSA) is 202 Å². The molecule has 0 saturated carbocycles. The molecular weight excluding hydrogens is 689 g/mol. The number of hydrogen-bond acceptors (Lipinski definition) is 9. The highest BCUT2D eigenvalue weighted by Crippen LogP contribution is 2.21. The van der Waals surface area contributed by atoms with Crippen molar-refractivity contribution in [3.05, 3.63) is 77.4 Å². The molecule has 15 nitrogen and oxygen atoms in total. The smallest absolute Gasteiger partial charge is 0.243 e. The van der Waals surface area contributed by atoms with Crippen LogP contribution in [-0.2, 0) is 53.2 Å². The summed E-state index contributed by atoms with van der Waals surface area (Å²) >= 11 is 0. The first kappa shape index (κ1) is 39.7. The number of nitrogens with zero attached hydrogens (tertiary/aromatic N) is 4. The van der Waals surface area contributed by atoms with Crippen LogP contribution in [0.4, 0.5) is 0 Å². The third-order valence-electron chi connectivity index (χ3n) is 8.62. The Hall–Kier alpha value is -5.12. The van der Waals surface area contributed by atoms with Gasteiger partial charge in [-0.1, -0.05) is 56.3 Å². The van der Waals surface area contributed by atoms with E-state index >= 15 is 0 Å². The van der Waals surface area contributed by atoms with Gasteiger partial charge in [-0.25, -0.2) is 18.1 Å². The summed E-state index contributed by atoms with van der Waals surface area (Å²) in [4.78, 5) is 73.0. The molecule has 0 saturated heterocycles. The van der Waals surface area contributed by atoms with E-state index in [4.69, 9.17) is 0 Å². The van der Waals surface area contributed by atoms with E-state index in [0.29, 0.717) is 17.2 Å². The minimum absolute atomic E-state index is 0.00917. The third-order valence-corrected chi connectivity index (χ3v) is 9.75. The van der Waals surface area contributed by atoms with Gasteiger partial charge in [0.1, 0.15) is 24.5 Å². The normalized spacial score (nSPS) is 20.3. The molecular formula is C36H48N8O7S. The van der Waals surface area contributed by atoms with Crippen LogP contribution in [0, 0.1) is 12.8 Å². The second-order valence-electron chi connectivity index (χ2n) is 13.4. The van der Waals surface area contributed by atoms with E-state index in [2.05, 4.69) is 31.3 Å². The number of aromatic nitrogens is 3. The number of sulfone groups is 1. The van der Waals surface area contributed by atoms with Gasteiger partial charge < -0.3 is 26.2 Å². The number of aryl methyl sites for hydroxylation is 1. The summed E-state index contributed by atoms with van der Waals surface area (Å²) in [7, 11) is -3.40. The minimum Gasteiger partial charge on any atom is -0.353 e. The summed E-state index contributed by atoms with van der Waals surface area (Å²) in [6.07, 6.45) is 1.55. The van der Waals surface area contributed by atoms with Gasteiger partial charge in [0.2, 0.25) is 29.5 Å². The predicted molar refractivity (Wildman–Crippen MR) is 192 cm³/mol. The van der Waals surface area contributed by atoms with Crippen molar-refractivity contribution in [1.29, 1.82) is 0 Å². The van der Waals surface area contributed by atoms with E-state index in [1.807, 2.05) is 44.2 Å². The largest absolute Gasteiger partial charge is 0.353 e. The Bertz CT molecular complexity index is 1850. The predicted octanol–water partition coefficient (Wildman–Crippen LogP) is 1.02. The van der Waals surface area contributed by atoms with Gasteiger partial charge in [0, 0.05) is 38.7 Å². The number of hydrogen-bond donors (Lipinski definition) is 4. The lowest BCUT2D eigenvalue weighted by molar-refractivity contribution is -0.132. The number of nitrogens with one attached hydrogen (secondary N) is 4. The molecule has 1 aliphatic heterocycles. The Morgan fingerprint density at radius 2 is 1.60 bits per heavy atom. The van der Waals surface area contributed by atoms with Crippen molar-refractivity contribution in [2.45, 2.75) is 82.9 Å². The van der Waals surface area contributed by atoms with E-state index < -0.39 is 45.7 Å². The molecule has 0 unspecified atom stereocenters. The standard InChI is InChI=1S/C36H48N8O7S/c1-23(2)33-34-39-25(4)42-44(34)22-31(46)37-17-19-43(32(47)21-27-13-15-28(16-14-27)52(5,50)51)18-9-12-30(45)38-24(3)35(48)40-29(36(49)41-33)20-26-10-7-6-8-11-26/h6-8,10-11,13-16,23-24,29,33H,9,12,17-22H2,1-5H3,(H,37,46)(H,38,45)(H,40,48)(H,41,49)/t24-,29+,33-/m0/s1. The van der Waals surface area contributed by atoms with Crippen LogP contribution < -0.4 is 21.3 Å². The van der Waals surface area contributed by atoms with Gasteiger partial charge in [0.15, 0.2) is 15.7 Å². The molecule has 0 spiro atoms. The minimum atomic E-state index is -3.40. The highest BCUT2D eigenvalue weighted by Gasteiger charge is 2.31. The Morgan fingerprint density at radius 1 is 0.904 bits per heavy atom. The van der Waals surface area contributed by atoms with Crippen LogP contribution in [0.15, 0.2) is 59.5 Å². The lowest BCUT2D eigenvalue weighted by Gasteiger charge is -2.27. The second-order valence-corrected chi connectivity index (χ2v) is 15.4. The molecule has 2 aromatic carbocycles. The molecule has 0 aliphatic carbocycles. The Morgan fingerprint density at radius 3 is 2.25 bits per heavy atom.